The quantitative estimate of drug-likeness (QED) is 0.800. The maximum Gasteiger partial charge on any atom is 0.238 e. The second kappa shape index (κ2) is 8.10. The highest BCUT2D eigenvalue weighted by molar-refractivity contribution is 6.04. The van der Waals surface area contributed by atoms with Crippen LogP contribution >= 0.6 is 12.4 Å². The Bertz CT molecular complexity index is 596. The molecule has 0 aliphatic carbocycles. The van der Waals surface area contributed by atoms with Crippen molar-refractivity contribution in [2.45, 2.75) is 50.7 Å². The van der Waals surface area contributed by atoms with E-state index >= 15 is 0 Å². The Balaban J connectivity index is 0.00000208. The summed E-state index contributed by atoms with van der Waals surface area (Å²) in [7, 11) is 2.02. The molecule has 2 heterocycles. The standard InChI is InChI=1S/C18H25N3O2.ClH/c1-12(22)16-5-3-4-6-17(16)20-18(23)11-21(2)15-9-13-7-8-14(10-15)19-13;/h3-6,13-15,19H,7-11H2,1-2H3,(H,20,23);1H. The lowest BCUT2D eigenvalue weighted by Crippen LogP contribution is -2.48. The lowest BCUT2D eigenvalue weighted by Gasteiger charge is -2.35. The largest absolute Gasteiger partial charge is 0.324 e. The molecule has 2 aliphatic heterocycles. The monoisotopic (exact) mass is 351 g/mol. The number of likely N-dealkylation sites (N-methyl/N-ethyl adjacent to an activating group) is 1. The van der Waals surface area contributed by atoms with Gasteiger partial charge in [-0.1, -0.05) is 12.1 Å². The third-order valence-corrected chi connectivity index (χ3v) is 5.04. The van der Waals surface area contributed by atoms with Crippen molar-refractivity contribution in [2.75, 3.05) is 18.9 Å². The molecule has 5 nitrogen and oxygen atoms in total. The fraction of sp³-hybridized carbons (Fsp3) is 0.556. The first-order chi connectivity index (χ1) is 11.0. The predicted molar refractivity (Wildman–Crippen MR) is 97.9 cm³/mol. The molecule has 1 aromatic rings. The summed E-state index contributed by atoms with van der Waals surface area (Å²) < 4.78 is 0. The molecule has 0 radical (unpaired) electrons. The molecular formula is C18H26ClN3O2. The van der Waals surface area contributed by atoms with E-state index in [4.69, 9.17) is 0 Å². The first-order valence-electron chi connectivity index (χ1n) is 8.39. The lowest BCUT2D eigenvalue weighted by molar-refractivity contribution is -0.117. The molecule has 0 spiro atoms. The normalized spacial score (nSPS) is 25.2. The van der Waals surface area contributed by atoms with E-state index in [-0.39, 0.29) is 24.1 Å². The van der Waals surface area contributed by atoms with E-state index < -0.39 is 0 Å². The van der Waals surface area contributed by atoms with Crippen LogP contribution < -0.4 is 10.6 Å². The SMILES string of the molecule is CC(=O)c1ccccc1NC(=O)CN(C)C1CC2CCC(C1)N2.Cl. The van der Waals surface area contributed by atoms with Crippen LogP contribution in [0.1, 0.15) is 43.0 Å². The zero-order valence-corrected chi connectivity index (χ0v) is 15.1. The van der Waals surface area contributed by atoms with Gasteiger partial charge in [-0.25, -0.2) is 0 Å². The molecule has 0 aromatic heterocycles. The predicted octanol–water partition coefficient (Wildman–Crippen LogP) is 2.46. The van der Waals surface area contributed by atoms with E-state index in [1.165, 1.54) is 19.8 Å². The number of nitrogens with one attached hydrogen (secondary N) is 2. The van der Waals surface area contributed by atoms with Gasteiger partial charge in [0.25, 0.3) is 0 Å². The zero-order valence-electron chi connectivity index (χ0n) is 14.2. The molecule has 1 amide bonds. The molecule has 2 N–H and O–H groups in total. The highest BCUT2D eigenvalue weighted by Gasteiger charge is 2.35. The van der Waals surface area contributed by atoms with E-state index in [1.807, 2.05) is 19.2 Å². The molecule has 132 valence electrons. The number of ketones is 1. The van der Waals surface area contributed by atoms with Crippen LogP contribution in [0.5, 0.6) is 0 Å². The zero-order chi connectivity index (χ0) is 16.4. The molecule has 0 saturated carbocycles. The third-order valence-electron chi connectivity index (χ3n) is 5.04. The van der Waals surface area contributed by atoms with Crippen molar-refractivity contribution in [3.63, 3.8) is 0 Å². The smallest absolute Gasteiger partial charge is 0.238 e. The highest BCUT2D eigenvalue weighted by Crippen LogP contribution is 2.29. The Morgan fingerprint density at radius 2 is 1.83 bits per heavy atom. The van der Waals surface area contributed by atoms with Gasteiger partial charge in [-0.3, -0.25) is 14.5 Å². The van der Waals surface area contributed by atoms with Gasteiger partial charge < -0.3 is 10.6 Å². The minimum Gasteiger partial charge on any atom is -0.324 e. The summed E-state index contributed by atoms with van der Waals surface area (Å²) in [6.45, 7) is 1.87. The summed E-state index contributed by atoms with van der Waals surface area (Å²) in [4.78, 5) is 26.1. The van der Waals surface area contributed by atoms with Crippen molar-refractivity contribution >= 4 is 29.8 Å². The maximum atomic E-state index is 12.3. The molecule has 2 aliphatic rings. The van der Waals surface area contributed by atoms with Crippen LogP contribution in [-0.2, 0) is 4.79 Å². The van der Waals surface area contributed by atoms with Gasteiger partial charge >= 0.3 is 0 Å². The molecule has 2 bridgehead atoms. The number of benzene rings is 1. The molecule has 24 heavy (non-hydrogen) atoms. The van der Waals surface area contributed by atoms with Gasteiger partial charge in [-0.15, -0.1) is 12.4 Å². The Morgan fingerprint density at radius 3 is 2.46 bits per heavy atom. The molecular weight excluding hydrogens is 326 g/mol. The van der Waals surface area contributed by atoms with Crippen LogP contribution in [0.15, 0.2) is 24.3 Å². The van der Waals surface area contributed by atoms with E-state index in [2.05, 4.69) is 15.5 Å². The molecule has 2 fully saturated rings. The van der Waals surface area contributed by atoms with E-state index in [0.717, 1.165) is 12.8 Å². The number of carbonyl (C=O) groups is 2. The third kappa shape index (κ3) is 4.35. The van der Waals surface area contributed by atoms with Gasteiger partial charge in [0, 0.05) is 23.7 Å². The summed E-state index contributed by atoms with van der Waals surface area (Å²) in [6.07, 6.45) is 4.75. The highest BCUT2D eigenvalue weighted by atomic mass is 35.5. The topological polar surface area (TPSA) is 61.4 Å². The minimum absolute atomic E-state index is 0. The van der Waals surface area contributed by atoms with Crippen molar-refractivity contribution in [2.24, 2.45) is 0 Å². The maximum absolute atomic E-state index is 12.3. The van der Waals surface area contributed by atoms with Crippen LogP contribution in [-0.4, -0.2) is 48.3 Å². The number of Topliss-reactive ketones (excluding diaryl/α,β-unsaturated/α-hetero) is 1. The Labute approximate surface area is 149 Å². The number of para-hydroxylation sites is 1. The van der Waals surface area contributed by atoms with Gasteiger partial charge in [0.15, 0.2) is 5.78 Å². The summed E-state index contributed by atoms with van der Waals surface area (Å²) in [5.41, 5.74) is 1.16. The number of rotatable bonds is 5. The summed E-state index contributed by atoms with van der Waals surface area (Å²) >= 11 is 0. The Kier molecular flexibility index (Phi) is 6.38. The van der Waals surface area contributed by atoms with Gasteiger partial charge in [-0.05, 0) is 51.8 Å². The number of hydrogen-bond acceptors (Lipinski definition) is 4. The van der Waals surface area contributed by atoms with E-state index in [0.29, 0.717) is 35.9 Å². The van der Waals surface area contributed by atoms with Crippen LogP contribution in [0.2, 0.25) is 0 Å². The number of piperidine rings is 1. The van der Waals surface area contributed by atoms with Crippen molar-refractivity contribution in [1.82, 2.24) is 10.2 Å². The molecule has 2 unspecified atom stereocenters. The Morgan fingerprint density at radius 1 is 1.21 bits per heavy atom. The number of halogens is 1. The molecule has 2 saturated heterocycles. The molecule has 3 rings (SSSR count). The summed E-state index contributed by atoms with van der Waals surface area (Å²) in [5.74, 6) is -0.101. The van der Waals surface area contributed by atoms with Gasteiger partial charge in [0.05, 0.1) is 12.2 Å². The van der Waals surface area contributed by atoms with Crippen LogP contribution in [0.4, 0.5) is 5.69 Å². The van der Waals surface area contributed by atoms with Crippen LogP contribution in [0.3, 0.4) is 0 Å². The number of carbonyl (C=O) groups excluding carboxylic acids is 2. The molecule has 2 atom stereocenters. The average molecular weight is 352 g/mol. The van der Waals surface area contributed by atoms with E-state index in [9.17, 15) is 9.59 Å². The van der Waals surface area contributed by atoms with Gasteiger partial charge in [-0.2, -0.15) is 0 Å². The second-order valence-electron chi connectivity index (χ2n) is 6.83. The van der Waals surface area contributed by atoms with Crippen LogP contribution in [0.25, 0.3) is 0 Å². The van der Waals surface area contributed by atoms with Crippen molar-refractivity contribution in [3.8, 4) is 0 Å². The first-order valence-corrected chi connectivity index (χ1v) is 8.39. The lowest BCUT2D eigenvalue weighted by atomic mass is 9.98. The number of fused-ring (bicyclic) bond motifs is 2. The minimum atomic E-state index is -0.0629. The fourth-order valence-corrected chi connectivity index (χ4v) is 3.83. The molecule has 6 heteroatoms. The number of hydrogen-bond donors (Lipinski definition) is 2. The number of nitrogens with zero attached hydrogens (tertiary/aromatic N) is 1. The van der Waals surface area contributed by atoms with E-state index in [1.54, 1.807) is 12.1 Å². The summed E-state index contributed by atoms with van der Waals surface area (Å²) in [6, 6.07) is 8.85. The average Bonchev–Trinajstić information content (AvgIpc) is 2.85. The fourth-order valence-electron chi connectivity index (χ4n) is 3.83. The number of amides is 1. The van der Waals surface area contributed by atoms with Crippen LogP contribution in [0, 0.1) is 0 Å². The van der Waals surface area contributed by atoms with Crippen molar-refractivity contribution in [1.29, 1.82) is 0 Å². The van der Waals surface area contributed by atoms with Gasteiger partial charge in [0.1, 0.15) is 0 Å². The second-order valence-corrected chi connectivity index (χ2v) is 6.83. The van der Waals surface area contributed by atoms with Gasteiger partial charge in [0.2, 0.25) is 5.91 Å². The Hall–Kier alpha value is -1.43. The number of anilines is 1. The molecule has 1 aromatic carbocycles. The summed E-state index contributed by atoms with van der Waals surface area (Å²) in [5, 5.41) is 6.51. The van der Waals surface area contributed by atoms with Crippen molar-refractivity contribution in [3.05, 3.63) is 29.8 Å². The van der Waals surface area contributed by atoms with Crippen molar-refractivity contribution < 1.29 is 9.59 Å². The first kappa shape index (κ1) is 18.9.